The maximum Gasteiger partial charge on any atom is 0.143 e. The third kappa shape index (κ3) is 2.98. The van der Waals surface area contributed by atoms with Gasteiger partial charge in [-0.1, -0.05) is 115 Å². The summed E-state index contributed by atoms with van der Waals surface area (Å²) >= 11 is 0. The molecule has 0 N–H and O–H groups in total. The van der Waals surface area contributed by atoms with Gasteiger partial charge in [0, 0.05) is 16.2 Å². The Morgan fingerprint density at radius 2 is 0.892 bits per heavy atom. The van der Waals surface area contributed by atoms with Gasteiger partial charge in [0.2, 0.25) is 0 Å². The van der Waals surface area contributed by atoms with Gasteiger partial charge < -0.3 is 4.42 Å². The molecule has 0 fully saturated rings. The highest BCUT2D eigenvalue weighted by Gasteiger charge is 2.18. The van der Waals surface area contributed by atoms with E-state index in [2.05, 4.69) is 133 Å². The van der Waals surface area contributed by atoms with Crippen LogP contribution in [0.15, 0.2) is 138 Å². The molecule has 0 radical (unpaired) electrons. The molecule has 1 nitrogen and oxygen atoms in total. The summed E-state index contributed by atoms with van der Waals surface area (Å²) in [6.45, 7) is 0. The zero-order valence-corrected chi connectivity index (χ0v) is 20.1. The van der Waals surface area contributed by atoms with E-state index in [1.165, 1.54) is 49.2 Å². The van der Waals surface area contributed by atoms with Crippen LogP contribution in [-0.4, -0.2) is 0 Å². The van der Waals surface area contributed by atoms with Gasteiger partial charge in [0.15, 0.2) is 0 Å². The van der Waals surface area contributed by atoms with E-state index in [0.717, 1.165) is 27.3 Å². The first-order valence-corrected chi connectivity index (χ1v) is 12.7. The van der Waals surface area contributed by atoms with Crippen molar-refractivity contribution in [3.63, 3.8) is 0 Å². The molecular weight excluding hydrogens is 448 g/mol. The van der Waals surface area contributed by atoms with Crippen molar-refractivity contribution >= 4 is 54.3 Å². The Bertz CT molecular complexity index is 2070. The largest absolute Gasteiger partial charge is 0.455 e. The van der Waals surface area contributed by atoms with Crippen molar-refractivity contribution in [2.75, 3.05) is 0 Å². The summed E-state index contributed by atoms with van der Waals surface area (Å²) in [5.41, 5.74) is 6.82. The Kier molecular flexibility index (Phi) is 4.29. The van der Waals surface area contributed by atoms with Crippen LogP contribution < -0.4 is 0 Å². The fourth-order valence-electron chi connectivity index (χ4n) is 6.02. The van der Waals surface area contributed by atoms with Gasteiger partial charge in [-0.15, -0.1) is 0 Å². The first kappa shape index (κ1) is 20.3. The summed E-state index contributed by atoms with van der Waals surface area (Å²) in [5, 5.41) is 9.69. The zero-order valence-electron chi connectivity index (χ0n) is 20.1. The van der Waals surface area contributed by atoms with Crippen molar-refractivity contribution in [2.24, 2.45) is 0 Å². The lowest BCUT2D eigenvalue weighted by Crippen LogP contribution is -1.90. The number of furan rings is 1. The van der Waals surface area contributed by atoms with Gasteiger partial charge in [0.1, 0.15) is 11.2 Å². The van der Waals surface area contributed by atoms with E-state index in [9.17, 15) is 0 Å². The minimum Gasteiger partial charge on any atom is -0.455 e. The molecule has 0 aliphatic heterocycles. The SMILES string of the molecule is c1ccc(-c2c3ccccc3c(-c3ccc4c(c3)oc3c5ccccc5ccc43)c3ccccc23)cc1. The second kappa shape index (κ2) is 7.81. The fraction of sp³-hybridized carbons (Fsp3) is 0. The first-order chi connectivity index (χ1) is 18.4. The van der Waals surface area contributed by atoms with Crippen LogP contribution in [0.2, 0.25) is 0 Å². The van der Waals surface area contributed by atoms with Crippen molar-refractivity contribution in [2.45, 2.75) is 0 Å². The molecule has 7 aromatic carbocycles. The highest BCUT2D eigenvalue weighted by Crippen LogP contribution is 2.44. The van der Waals surface area contributed by atoms with Crippen LogP contribution in [0.4, 0.5) is 0 Å². The second-order valence-corrected chi connectivity index (χ2v) is 9.68. The summed E-state index contributed by atoms with van der Waals surface area (Å²) in [5.74, 6) is 0. The van der Waals surface area contributed by atoms with Crippen LogP contribution in [0, 0.1) is 0 Å². The summed E-state index contributed by atoms with van der Waals surface area (Å²) in [7, 11) is 0. The Morgan fingerprint density at radius 3 is 1.57 bits per heavy atom. The predicted molar refractivity (Wildman–Crippen MR) is 157 cm³/mol. The molecule has 0 aliphatic rings. The number of fused-ring (bicyclic) bond motifs is 7. The standard InChI is InChI=1S/C36H22O/c1-2-11-24(12-3-1)34-28-14-6-8-16-30(28)35(31-17-9-7-15-29(31)34)25-19-20-27-32-21-18-23-10-4-5-13-26(23)36(32)37-33(27)22-25/h1-22H. The number of benzene rings is 7. The second-order valence-electron chi connectivity index (χ2n) is 9.68. The van der Waals surface area contributed by atoms with E-state index in [1.807, 2.05) is 0 Å². The van der Waals surface area contributed by atoms with Crippen LogP contribution >= 0.6 is 0 Å². The van der Waals surface area contributed by atoms with Gasteiger partial charge in [-0.25, -0.2) is 0 Å². The van der Waals surface area contributed by atoms with Crippen molar-refractivity contribution in [1.29, 1.82) is 0 Å². The van der Waals surface area contributed by atoms with Crippen LogP contribution in [0.1, 0.15) is 0 Å². The van der Waals surface area contributed by atoms with Crippen LogP contribution in [0.25, 0.3) is 76.5 Å². The smallest absolute Gasteiger partial charge is 0.143 e. The molecule has 0 saturated heterocycles. The van der Waals surface area contributed by atoms with Crippen molar-refractivity contribution in [1.82, 2.24) is 0 Å². The van der Waals surface area contributed by atoms with E-state index in [1.54, 1.807) is 0 Å². The lowest BCUT2D eigenvalue weighted by molar-refractivity contribution is 0.673. The minimum atomic E-state index is 0.921. The lowest BCUT2D eigenvalue weighted by Gasteiger charge is -2.17. The molecule has 37 heavy (non-hydrogen) atoms. The topological polar surface area (TPSA) is 13.1 Å². The van der Waals surface area contributed by atoms with E-state index in [4.69, 9.17) is 4.42 Å². The molecule has 172 valence electrons. The molecule has 0 unspecified atom stereocenters. The van der Waals surface area contributed by atoms with Gasteiger partial charge >= 0.3 is 0 Å². The van der Waals surface area contributed by atoms with E-state index in [-0.39, 0.29) is 0 Å². The molecule has 1 heteroatoms. The van der Waals surface area contributed by atoms with Crippen molar-refractivity contribution in [3.8, 4) is 22.3 Å². The highest BCUT2D eigenvalue weighted by molar-refractivity contribution is 6.22. The number of hydrogen-bond donors (Lipinski definition) is 0. The lowest BCUT2D eigenvalue weighted by atomic mass is 9.86. The van der Waals surface area contributed by atoms with Gasteiger partial charge in [-0.2, -0.15) is 0 Å². The zero-order chi connectivity index (χ0) is 24.3. The van der Waals surface area contributed by atoms with E-state index < -0.39 is 0 Å². The molecule has 0 atom stereocenters. The molecule has 1 aromatic heterocycles. The first-order valence-electron chi connectivity index (χ1n) is 12.7. The molecule has 0 spiro atoms. The van der Waals surface area contributed by atoms with E-state index >= 15 is 0 Å². The van der Waals surface area contributed by atoms with Crippen molar-refractivity contribution in [3.05, 3.63) is 133 Å². The van der Waals surface area contributed by atoms with Crippen LogP contribution in [0.5, 0.6) is 0 Å². The average molecular weight is 471 g/mol. The number of rotatable bonds is 2. The Balaban J connectivity index is 1.47. The summed E-state index contributed by atoms with van der Waals surface area (Å²) in [4.78, 5) is 0. The molecule has 0 bridgehead atoms. The summed E-state index contributed by atoms with van der Waals surface area (Å²) in [6.07, 6.45) is 0. The maximum absolute atomic E-state index is 6.55. The molecule has 8 rings (SSSR count). The minimum absolute atomic E-state index is 0.921. The molecule has 0 aliphatic carbocycles. The van der Waals surface area contributed by atoms with Gasteiger partial charge in [0.05, 0.1) is 0 Å². The normalized spacial score (nSPS) is 11.8. The van der Waals surface area contributed by atoms with Gasteiger partial charge in [0.25, 0.3) is 0 Å². The average Bonchev–Trinajstić information content (AvgIpc) is 3.34. The van der Waals surface area contributed by atoms with Crippen LogP contribution in [0.3, 0.4) is 0 Å². The highest BCUT2D eigenvalue weighted by atomic mass is 16.3. The van der Waals surface area contributed by atoms with Gasteiger partial charge in [-0.3, -0.25) is 0 Å². The monoisotopic (exact) mass is 470 g/mol. The fourth-order valence-corrected chi connectivity index (χ4v) is 6.02. The maximum atomic E-state index is 6.55. The quantitative estimate of drug-likeness (QED) is 0.229. The number of hydrogen-bond acceptors (Lipinski definition) is 1. The van der Waals surface area contributed by atoms with Crippen molar-refractivity contribution < 1.29 is 4.42 Å². The van der Waals surface area contributed by atoms with Crippen LogP contribution in [-0.2, 0) is 0 Å². The van der Waals surface area contributed by atoms with Gasteiger partial charge in [-0.05, 0) is 67.4 Å². The van der Waals surface area contributed by atoms with E-state index in [0.29, 0.717) is 0 Å². The molecule has 1 heterocycles. The Morgan fingerprint density at radius 1 is 0.351 bits per heavy atom. The molecule has 8 aromatic rings. The third-order valence-electron chi connectivity index (χ3n) is 7.65. The molecular formula is C36H22O. The predicted octanol–water partition coefficient (Wildman–Crippen LogP) is 10.4. The Labute approximate surface area is 214 Å². The third-order valence-corrected chi connectivity index (χ3v) is 7.65. The summed E-state index contributed by atoms with van der Waals surface area (Å²) < 4.78 is 6.55. The summed E-state index contributed by atoms with van der Waals surface area (Å²) in [6, 6.07) is 47.8. The molecule has 0 saturated carbocycles. The Hall–Kier alpha value is -4.88. The molecule has 0 amide bonds.